The molecule has 1 N–H and O–H groups in total. The molecular formula is C16H23NO2S. The molecule has 1 aliphatic carbocycles. The zero-order valence-corrected chi connectivity index (χ0v) is 13.3. The fourth-order valence-electron chi connectivity index (χ4n) is 2.24. The van der Waals surface area contributed by atoms with Crippen molar-refractivity contribution in [2.45, 2.75) is 44.0 Å². The Morgan fingerprint density at radius 1 is 1.50 bits per heavy atom. The number of thioether (sulfide) groups is 1. The zero-order valence-electron chi connectivity index (χ0n) is 12.4. The molecule has 1 aromatic carbocycles. The van der Waals surface area contributed by atoms with Crippen molar-refractivity contribution in [1.29, 1.82) is 0 Å². The van der Waals surface area contributed by atoms with Crippen molar-refractivity contribution in [3.8, 4) is 0 Å². The minimum Gasteiger partial charge on any atom is -0.468 e. The molecule has 0 radical (unpaired) electrons. The lowest BCUT2D eigenvalue weighted by Gasteiger charge is -2.27. The van der Waals surface area contributed by atoms with Gasteiger partial charge in [0.05, 0.1) is 7.11 Å². The Bertz CT molecular complexity index is 473. The van der Waals surface area contributed by atoms with Crippen LogP contribution in [0.2, 0.25) is 0 Å². The Labute approximate surface area is 125 Å². The van der Waals surface area contributed by atoms with Crippen molar-refractivity contribution >= 4 is 17.7 Å². The summed E-state index contributed by atoms with van der Waals surface area (Å²) < 4.78 is 4.95. The second-order valence-electron chi connectivity index (χ2n) is 5.72. The number of ether oxygens (including phenoxy) is 1. The lowest BCUT2D eigenvalue weighted by molar-refractivity contribution is -0.147. The molecule has 0 saturated heterocycles. The summed E-state index contributed by atoms with van der Waals surface area (Å²) in [5, 5.41) is 3.42. The summed E-state index contributed by atoms with van der Waals surface area (Å²) >= 11 is 1.77. The molecule has 1 unspecified atom stereocenters. The quantitative estimate of drug-likeness (QED) is 0.785. The van der Waals surface area contributed by atoms with E-state index in [2.05, 4.69) is 36.5 Å². The van der Waals surface area contributed by atoms with E-state index in [4.69, 9.17) is 4.74 Å². The minimum atomic E-state index is -0.579. The second-order valence-corrected chi connectivity index (χ2v) is 6.71. The average Bonchev–Trinajstić information content (AvgIpc) is 3.21. The molecule has 1 saturated carbocycles. The SMILES string of the molecule is COC(=O)C(C)(CSCc1cccc(C)c1)NC1CC1. The van der Waals surface area contributed by atoms with Gasteiger partial charge in [-0.05, 0) is 32.3 Å². The lowest BCUT2D eigenvalue weighted by atomic mass is 10.1. The lowest BCUT2D eigenvalue weighted by Crippen LogP contribution is -2.53. The van der Waals surface area contributed by atoms with Crippen LogP contribution in [0.5, 0.6) is 0 Å². The fourth-order valence-corrected chi connectivity index (χ4v) is 3.36. The van der Waals surface area contributed by atoms with Gasteiger partial charge in [-0.3, -0.25) is 10.1 Å². The van der Waals surface area contributed by atoms with Gasteiger partial charge in [-0.2, -0.15) is 11.8 Å². The zero-order chi connectivity index (χ0) is 14.6. The van der Waals surface area contributed by atoms with E-state index < -0.39 is 5.54 Å². The number of benzene rings is 1. The predicted octanol–water partition coefficient (Wildman–Crippen LogP) is 2.91. The standard InChI is InChI=1S/C16H23NO2S/c1-12-5-4-6-13(9-12)10-20-11-16(2,15(18)19-3)17-14-7-8-14/h4-6,9,14,17H,7-8,10-11H2,1-3H3. The minimum absolute atomic E-state index is 0.166. The van der Waals surface area contributed by atoms with E-state index in [1.807, 2.05) is 6.92 Å². The van der Waals surface area contributed by atoms with E-state index in [0.717, 1.165) is 24.3 Å². The van der Waals surface area contributed by atoms with Crippen LogP contribution in [0.15, 0.2) is 24.3 Å². The first-order valence-electron chi connectivity index (χ1n) is 7.03. The number of methoxy groups -OCH3 is 1. The average molecular weight is 293 g/mol. The number of rotatable bonds is 7. The molecule has 3 nitrogen and oxygen atoms in total. The molecule has 0 aliphatic heterocycles. The van der Waals surface area contributed by atoms with E-state index in [9.17, 15) is 4.79 Å². The van der Waals surface area contributed by atoms with Crippen LogP contribution in [0.25, 0.3) is 0 Å². The molecule has 1 aromatic rings. The largest absolute Gasteiger partial charge is 0.468 e. The number of esters is 1. The third-order valence-corrected chi connectivity index (χ3v) is 4.80. The number of hydrogen-bond donors (Lipinski definition) is 1. The van der Waals surface area contributed by atoms with Gasteiger partial charge in [0.15, 0.2) is 0 Å². The smallest absolute Gasteiger partial charge is 0.326 e. The van der Waals surface area contributed by atoms with Crippen molar-refractivity contribution in [1.82, 2.24) is 5.32 Å². The Hall–Kier alpha value is -1.00. The van der Waals surface area contributed by atoms with Gasteiger partial charge in [-0.1, -0.05) is 29.8 Å². The van der Waals surface area contributed by atoms with Crippen molar-refractivity contribution in [3.05, 3.63) is 35.4 Å². The monoisotopic (exact) mass is 293 g/mol. The fraction of sp³-hybridized carbons (Fsp3) is 0.562. The topological polar surface area (TPSA) is 38.3 Å². The highest BCUT2D eigenvalue weighted by molar-refractivity contribution is 7.98. The molecule has 2 rings (SSSR count). The van der Waals surface area contributed by atoms with Gasteiger partial charge in [-0.25, -0.2) is 0 Å². The van der Waals surface area contributed by atoms with Gasteiger partial charge in [0.2, 0.25) is 0 Å². The van der Waals surface area contributed by atoms with Crippen LogP contribution in [0.4, 0.5) is 0 Å². The second kappa shape index (κ2) is 6.64. The van der Waals surface area contributed by atoms with E-state index in [0.29, 0.717) is 6.04 Å². The summed E-state index contributed by atoms with van der Waals surface area (Å²) in [7, 11) is 1.46. The molecular weight excluding hydrogens is 270 g/mol. The Morgan fingerprint density at radius 3 is 2.85 bits per heavy atom. The van der Waals surface area contributed by atoms with E-state index in [1.165, 1.54) is 18.2 Å². The highest BCUT2D eigenvalue weighted by Crippen LogP contribution is 2.26. The first kappa shape index (κ1) is 15.4. The van der Waals surface area contributed by atoms with Crippen molar-refractivity contribution < 1.29 is 9.53 Å². The van der Waals surface area contributed by atoms with Crippen molar-refractivity contribution in [2.24, 2.45) is 0 Å². The van der Waals surface area contributed by atoms with Gasteiger partial charge in [0.25, 0.3) is 0 Å². The number of carbonyl (C=O) groups is 1. The van der Waals surface area contributed by atoms with Gasteiger partial charge < -0.3 is 4.74 Å². The maximum atomic E-state index is 12.0. The van der Waals surface area contributed by atoms with E-state index in [-0.39, 0.29) is 5.97 Å². The number of hydrogen-bond acceptors (Lipinski definition) is 4. The van der Waals surface area contributed by atoms with Gasteiger partial charge in [-0.15, -0.1) is 0 Å². The van der Waals surface area contributed by atoms with Crippen LogP contribution >= 0.6 is 11.8 Å². The molecule has 1 atom stereocenters. The summed E-state index contributed by atoms with van der Waals surface area (Å²) in [4.78, 5) is 12.0. The molecule has 0 aromatic heterocycles. The van der Waals surface area contributed by atoms with Crippen molar-refractivity contribution in [3.63, 3.8) is 0 Å². The predicted molar refractivity (Wildman–Crippen MR) is 83.9 cm³/mol. The van der Waals surface area contributed by atoms with Gasteiger partial charge >= 0.3 is 5.97 Å². The molecule has 0 amide bonds. The molecule has 0 spiro atoms. The molecule has 4 heteroatoms. The molecule has 0 bridgehead atoms. The van der Waals surface area contributed by atoms with E-state index in [1.54, 1.807) is 11.8 Å². The van der Waals surface area contributed by atoms with Gasteiger partial charge in [0.1, 0.15) is 5.54 Å². The van der Waals surface area contributed by atoms with Crippen LogP contribution in [0.3, 0.4) is 0 Å². The number of carbonyl (C=O) groups excluding carboxylic acids is 1. The van der Waals surface area contributed by atoms with Crippen LogP contribution < -0.4 is 5.32 Å². The van der Waals surface area contributed by atoms with Gasteiger partial charge in [0, 0.05) is 17.5 Å². The van der Waals surface area contributed by atoms with Crippen LogP contribution in [0, 0.1) is 6.92 Å². The van der Waals surface area contributed by atoms with E-state index >= 15 is 0 Å². The first-order valence-corrected chi connectivity index (χ1v) is 8.18. The van der Waals surface area contributed by atoms with Crippen LogP contribution in [-0.4, -0.2) is 30.4 Å². The molecule has 20 heavy (non-hydrogen) atoms. The summed E-state index contributed by atoms with van der Waals surface area (Å²) in [5.74, 6) is 1.48. The van der Waals surface area contributed by atoms with Crippen LogP contribution in [0.1, 0.15) is 30.9 Å². The number of nitrogens with one attached hydrogen (secondary N) is 1. The summed E-state index contributed by atoms with van der Waals surface area (Å²) in [6.07, 6.45) is 2.32. The maximum Gasteiger partial charge on any atom is 0.326 e. The number of aryl methyl sites for hydroxylation is 1. The third kappa shape index (κ3) is 4.25. The Kier molecular flexibility index (Phi) is 5.11. The summed E-state index contributed by atoms with van der Waals surface area (Å²) in [6, 6.07) is 8.98. The first-order chi connectivity index (χ1) is 9.53. The highest BCUT2D eigenvalue weighted by atomic mass is 32.2. The summed E-state index contributed by atoms with van der Waals surface area (Å²) in [5.41, 5.74) is 1.99. The Balaban J connectivity index is 1.89. The molecule has 110 valence electrons. The highest BCUT2D eigenvalue weighted by Gasteiger charge is 2.39. The van der Waals surface area contributed by atoms with Crippen molar-refractivity contribution in [2.75, 3.05) is 12.9 Å². The third-order valence-electron chi connectivity index (χ3n) is 3.48. The Morgan fingerprint density at radius 2 is 2.25 bits per heavy atom. The molecule has 1 fully saturated rings. The molecule has 1 aliphatic rings. The normalized spacial score (nSPS) is 17.6. The molecule has 0 heterocycles. The van der Waals surface area contributed by atoms with Crippen LogP contribution in [-0.2, 0) is 15.3 Å². The maximum absolute atomic E-state index is 12.0. The summed E-state index contributed by atoms with van der Waals surface area (Å²) in [6.45, 7) is 4.04.